The Morgan fingerprint density at radius 2 is 2.22 bits per heavy atom. The van der Waals surface area contributed by atoms with Crippen molar-refractivity contribution in [1.82, 2.24) is 4.98 Å². The second-order valence-electron chi connectivity index (χ2n) is 3.55. The molecule has 0 spiro atoms. The van der Waals surface area contributed by atoms with E-state index in [1.807, 2.05) is 18.2 Å². The zero-order chi connectivity index (χ0) is 13.1. The van der Waals surface area contributed by atoms with Crippen molar-refractivity contribution >= 4 is 28.9 Å². The summed E-state index contributed by atoms with van der Waals surface area (Å²) in [6.45, 7) is 1.93. The number of aromatic carboxylic acids is 1. The molecule has 0 aliphatic carbocycles. The average Bonchev–Trinajstić information content (AvgIpc) is 2.70. The van der Waals surface area contributed by atoms with Gasteiger partial charge in [0.2, 0.25) is 5.88 Å². The molecule has 0 fully saturated rings. The van der Waals surface area contributed by atoms with Crippen LogP contribution in [0.3, 0.4) is 0 Å². The third-order valence-electron chi connectivity index (χ3n) is 2.22. The summed E-state index contributed by atoms with van der Waals surface area (Å²) in [5.41, 5.74) is 0.793. The third-order valence-corrected chi connectivity index (χ3v) is 3.53. The Hall–Kier alpha value is -1.59. The van der Waals surface area contributed by atoms with Gasteiger partial charge in [-0.25, -0.2) is 9.78 Å². The summed E-state index contributed by atoms with van der Waals surface area (Å²) >= 11 is 7.08. The second kappa shape index (κ2) is 5.37. The van der Waals surface area contributed by atoms with E-state index in [9.17, 15) is 4.79 Å². The molecule has 1 aromatic heterocycles. The highest BCUT2D eigenvalue weighted by atomic mass is 35.5. The molecular formula is C12H10ClNO3S. The molecule has 0 aliphatic heterocycles. The first-order chi connectivity index (χ1) is 8.58. The molecule has 2 rings (SSSR count). The average molecular weight is 284 g/mol. The molecule has 0 bridgehead atoms. The Morgan fingerprint density at radius 1 is 1.50 bits per heavy atom. The fourth-order valence-corrected chi connectivity index (χ4v) is 2.30. The van der Waals surface area contributed by atoms with Crippen LogP contribution in [0.4, 0.5) is 0 Å². The van der Waals surface area contributed by atoms with Crippen molar-refractivity contribution in [3.63, 3.8) is 0 Å². The van der Waals surface area contributed by atoms with Gasteiger partial charge in [0.25, 0.3) is 0 Å². The van der Waals surface area contributed by atoms with Gasteiger partial charge in [-0.05, 0) is 13.0 Å². The Bertz CT molecular complexity index is 582. The number of ether oxygens (including phenoxy) is 1. The third kappa shape index (κ3) is 2.80. The van der Waals surface area contributed by atoms with Gasteiger partial charge in [0.05, 0.1) is 5.01 Å². The maximum absolute atomic E-state index is 11.0. The normalized spacial score (nSPS) is 10.3. The van der Waals surface area contributed by atoms with E-state index >= 15 is 0 Å². The number of rotatable bonds is 4. The maximum atomic E-state index is 11.0. The van der Waals surface area contributed by atoms with Crippen molar-refractivity contribution in [1.29, 1.82) is 0 Å². The summed E-state index contributed by atoms with van der Waals surface area (Å²) in [6, 6.07) is 7.24. The lowest BCUT2D eigenvalue weighted by Crippen LogP contribution is -2.01. The van der Waals surface area contributed by atoms with E-state index in [0.29, 0.717) is 10.0 Å². The monoisotopic (exact) mass is 283 g/mol. The highest BCUT2D eigenvalue weighted by Gasteiger charge is 2.17. The lowest BCUT2D eigenvalue weighted by atomic mass is 10.2. The number of hydrogen-bond donors (Lipinski definition) is 1. The van der Waals surface area contributed by atoms with Gasteiger partial charge in [0, 0.05) is 10.6 Å². The summed E-state index contributed by atoms with van der Waals surface area (Å²) in [5, 5.41) is 10.2. The second-order valence-corrected chi connectivity index (χ2v) is 5.16. The first-order valence-corrected chi connectivity index (χ1v) is 6.34. The van der Waals surface area contributed by atoms with E-state index in [2.05, 4.69) is 4.98 Å². The quantitative estimate of drug-likeness (QED) is 0.934. The zero-order valence-electron chi connectivity index (χ0n) is 9.51. The first-order valence-electron chi connectivity index (χ1n) is 5.15. The molecule has 0 saturated heterocycles. The molecular weight excluding hydrogens is 274 g/mol. The smallest absolute Gasteiger partial charge is 0.351 e. The van der Waals surface area contributed by atoms with Crippen LogP contribution in [0.15, 0.2) is 24.3 Å². The fourth-order valence-electron chi connectivity index (χ4n) is 1.40. The number of carboxylic acids is 1. The van der Waals surface area contributed by atoms with Crippen molar-refractivity contribution in [3.8, 4) is 5.88 Å². The lowest BCUT2D eigenvalue weighted by Gasteiger charge is -2.05. The van der Waals surface area contributed by atoms with E-state index < -0.39 is 5.97 Å². The van der Waals surface area contributed by atoms with E-state index in [-0.39, 0.29) is 17.4 Å². The molecule has 18 heavy (non-hydrogen) atoms. The minimum atomic E-state index is -1.03. The topological polar surface area (TPSA) is 59.4 Å². The summed E-state index contributed by atoms with van der Waals surface area (Å²) < 4.78 is 5.42. The molecule has 4 nitrogen and oxygen atoms in total. The van der Waals surface area contributed by atoms with Crippen LogP contribution in [0.5, 0.6) is 5.88 Å². The number of hydrogen-bond acceptors (Lipinski definition) is 4. The maximum Gasteiger partial charge on any atom is 0.351 e. The van der Waals surface area contributed by atoms with E-state index in [1.165, 1.54) is 0 Å². The highest BCUT2D eigenvalue weighted by Crippen LogP contribution is 2.26. The van der Waals surface area contributed by atoms with Gasteiger partial charge >= 0.3 is 5.97 Å². The molecule has 1 aromatic carbocycles. The van der Waals surface area contributed by atoms with Gasteiger partial charge in [-0.1, -0.05) is 29.8 Å². The van der Waals surface area contributed by atoms with E-state index in [0.717, 1.165) is 16.9 Å². The van der Waals surface area contributed by atoms with Gasteiger partial charge in [-0.3, -0.25) is 0 Å². The van der Waals surface area contributed by atoms with Gasteiger partial charge < -0.3 is 9.84 Å². The van der Waals surface area contributed by atoms with Crippen LogP contribution in [0.2, 0.25) is 5.02 Å². The number of thiazole rings is 1. The summed E-state index contributed by atoms with van der Waals surface area (Å²) in [4.78, 5) is 15.1. The first kappa shape index (κ1) is 12.9. The summed E-state index contributed by atoms with van der Waals surface area (Å²) in [7, 11) is 0. The number of nitrogens with zero attached hydrogens (tertiary/aromatic N) is 1. The van der Waals surface area contributed by atoms with Crippen molar-refractivity contribution in [2.45, 2.75) is 13.5 Å². The van der Waals surface area contributed by atoms with Crippen molar-refractivity contribution in [2.75, 3.05) is 0 Å². The summed E-state index contributed by atoms with van der Waals surface area (Å²) in [6.07, 6.45) is 0. The largest absolute Gasteiger partial charge is 0.477 e. The number of carboxylic acid groups (broad SMARTS) is 1. The van der Waals surface area contributed by atoms with E-state index in [1.54, 1.807) is 13.0 Å². The van der Waals surface area contributed by atoms with Crippen molar-refractivity contribution in [2.24, 2.45) is 0 Å². The number of benzene rings is 1. The summed E-state index contributed by atoms with van der Waals surface area (Å²) in [5.74, 6) is -0.889. The molecule has 0 unspecified atom stereocenters. The number of aryl methyl sites for hydroxylation is 1. The molecule has 6 heteroatoms. The number of carbonyl (C=O) groups is 1. The molecule has 2 aromatic rings. The Kier molecular flexibility index (Phi) is 3.84. The van der Waals surface area contributed by atoms with Crippen LogP contribution >= 0.6 is 22.9 Å². The zero-order valence-corrected chi connectivity index (χ0v) is 11.1. The molecule has 0 atom stereocenters. The lowest BCUT2D eigenvalue weighted by molar-refractivity contribution is 0.0697. The van der Waals surface area contributed by atoms with E-state index in [4.69, 9.17) is 21.4 Å². The standard InChI is InChI=1S/C12H10ClNO3S/c1-7-14-11(10(18-7)12(15)16)17-6-8-4-2-3-5-9(8)13/h2-5H,6H2,1H3,(H,15,16). The van der Waals surface area contributed by atoms with Gasteiger partial charge in [-0.2, -0.15) is 0 Å². The van der Waals surface area contributed by atoms with Crippen molar-refractivity contribution in [3.05, 3.63) is 44.7 Å². The number of aromatic nitrogens is 1. The molecule has 94 valence electrons. The van der Waals surface area contributed by atoms with Crippen LogP contribution < -0.4 is 4.74 Å². The minimum Gasteiger partial charge on any atom is -0.477 e. The van der Waals surface area contributed by atoms with Gasteiger partial charge in [0.1, 0.15) is 6.61 Å². The van der Waals surface area contributed by atoms with Gasteiger partial charge in [-0.15, -0.1) is 11.3 Å². The molecule has 1 heterocycles. The number of halogens is 1. The van der Waals surface area contributed by atoms with Gasteiger partial charge in [0.15, 0.2) is 4.88 Å². The predicted octanol–water partition coefficient (Wildman–Crippen LogP) is 3.38. The Balaban J connectivity index is 2.16. The van der Waals surface area contributed by atoms with Crippen LogP contribution in [-0.4, -0.2) is 16.1 Å². The fraction of sp³-hybridized carbons (Fsp3) is 0.167. The van der Waals surface area contributed by atoms with Crippen LogP contribution in [0, 0.1) is 6.92 Å². The Labute approximate surface area is 113 Å². The molecule has 0 aliphatic rings. The molecule has 1 N–H and O–H groups in total. The minimum absolute atomic E-state index is 0.111. The molecule has 0 radical (unpaired) electrons. The van der Waals surface area contributed by atoms with Crippen molar-refractivity contribution < 1.29 is 14.6 Å². The molecule has 0 saturated carbocycles. The molecule has 0 amide bonds. The SMILES string of the molecule is Cc1nc(OCc2ccccc2Cl)c(C(=O)O)s1. The Morgan fingerprint density at radius 3 is 2.89 bits per heavy atom. The van der Waals surface area contributed by atoms with Crippen LogP contribution in [0.1, 0.15) is 20.2 Å². The predicted molar refractivity (Wildman–Crippen MR) is 69.6 cm³/mol. The van der Waals surface area contributed by atoms with Crippen LogP contribution in [-0.2, 0) is 6.61 Å². The van der Waals surface area contributed by atoms with Crippen LogP contribution in [0.25, 0.3) is 0 Å². The highest BCUT2D eigenvalue weighted by molar-refractivity contribution is 7.13.